The van der Waals surface area contributed by atoms with Crippen molar-refractivity contribution in [3.05, 3.63) is 24.2 Å². The predicted molar refractivity (Wildman–Crippen MR) is 75.2 cm³/mol. The molecule has 0 bridgehead atoms. The van der Waals surface area contributed by atoms with Crippen molar-refractivity contribution in [2.75, 3.05) is 20.1 Å². The van der Waals surface area contributed by atoms with E-state index in [1.54, 1.807) is 12.3 Å². The minimum atomic E-state index is -0.171. The van der Waals surface area contributed by atoms with Crippen LogP contribution in [-0.4, -0.2) is 38.0 Å². The van der Waals surface area contributed by atoms with Crippen molar-refractivity contribution >= 4 is 11.8 Å². The summed E-state index contributed by atoms with van der Waals surface area (Å²) in [7, 11) is 1.82. The molecule has 2 amide bonds. The first-order valence-electron chi connectivity index (χ1n) is 6.82. The van der Waals surface area contributed by atoms with Crippen molar-refractivity contribution in [3.8, 4) is 0 Å². The predicted octanol–water partition coefficient (Wildman–Crippen LogP) is -0.504. The summed E-state index contributed by atoms with van der Waals surface area (Å²) in [5, 5.41) is 5.65. The van der Waals surface area contributed by atoms with Crippen molar-refractivity contribution in [1.29, 1.82) is 0 Å². The first-order valence-corrected chi connectivity index (χ1v) is 6.82. The molecule has 6 heteroatoms. The smallest absolute Gasteiger partial charge is 0.275 e. The molecule has 6 nitrogen and oxygen atoms in total. The van der Waals surface area contributed by atoms with Gasteiger partial charge in [-0.1, -0.05) is 0 Å². The van der Waals surface area contributed by atoms with Gasteiger partial charge in [-0.05, 0) is 32.9 Å². The van der Waals surface area contributed by atoms with E-state index in [-0.39, 0.29) is 37.0 Å². The quantitative estimate of drug-likeness (QED) is 0.631. The van der Waals surface area contributed by atoms with Gasteiger partial charge in [0, 0.05) is 6.04 Å². The molecule has 2 atom stereocenters. The minimum Gasteiger partial charge on any atom is -0.467 e. The van der Waals surface area contributed by atoms with Crippen molar-refractivity contribution in [2.24, 2.45) is 0 Å². The lowest BCUT2D eigenvalue weighted by molar-refractivity contribution is -0.862. The van der Waals surface area contributed by atoms with Crippen LogP contribution in [0.3, 0.4) is 0 Å². The number of quaternary nitrogens is 1. The first kappa shape index (κ1) is 16.2. The van der Waals surface area contributed by atoms with Crippen LogP contribution in [0.15, 0.2) is 22.8 Å². The van der Waals surface area contributed by atoms with E-state index in [0.717, 1.165) is 4.90 Å². The van der Waals surface area contributed by atoms with Crippen molar-refractivity contribution in [3.63, 3.8) is 0 Å². The maximum Gasteiger partial charge on any atom is 0.275 e. The van der Waals surface area contributed by atoms with Gasteiger partial charge in [-0.3, -0.25) is 9.59 Å². The van der Waals surface area contributed by atoms with Crippen LogP contribution < -0.4 is 15.5 Å². The molecule has 3 N–H and O–H groups in total. The first-order chi connectivity index (χ1) is 9.38. The highest BCUT2D eigenvalue weighted by Gasteiger charge is 2.17. The Hall–Kier alpha value is -1.82. The molecule has 0 fully saturated rings. The zero-order chi connectivity index (χ0) is 15.1. The summed E-state index contributed by atoms with van der Waals surface area (Å²) in [4.78, 5) is 24.3. The van der Waals surface area contributed by atoms with Crippen molar-refractivity contribution in [1.82, 2.24) is 10.6 Å². The van der Waals surface area contributed by atoms with Crippen LogP contribution in [0.5, 0.6) is 0 Å². The van der Waals surface area contributed by atoms with Crippen LogP contribution in [0.1, 0.15) is 32.6 Å². The van der Waals surface area contributed by atoms with E-state index in [9.17, 15) is 9.59 Å². The molecule has 1 unspecified atom stereocenters. The van der Waals surface area contributed by atoms with Crippen LogP contribution in [-0.2, 0) is 9.59 Å². The van der Waals surface area contributed by atoms with Crippen LogP contribution in [0.25, 0.3) is 0 Å². The van der Waals surface area contributed by atoms with Gasteiger partial charge in [0.2, 0.25) is 0 Å². The molecule has 1 aromatic rings. The Labute approximate surface area is 119 Å². The lowest BCUT2D eigenvalue weighted by Gasteiger charge is -2.16. The fourth-order valence-corrected chi connectivity index (χ4v) is 1.88. The molecule has 0 saturated heterocycles. The SMILES string of the molecule is CC(C)NC(=O)C[NH+](C)CC(=O)N[C@@H](C)c1ccco1. The number of carbonyl (C=O) groups excluding carboxylic acids is 2. The third-order valence-corrected chi connectivity index (χ3v) is 2.72. The topological polar surface area (TPSA) is 75.8 Å². The van der Waals surface area contributed by atoms with E-state index >= 15 is 0 Å². The Morgan fingerprint density at radius 3 is 2.30 bits per heavy atom. The van der Waals surface area contributed by atoms with Crippen LogP contribution in [0, 0.1) is 0 Å². The van der Waals surface area contributed by atoms with E-state index < -0.39 is 0 Å². The summed E-state index contributed by atoms with van der Waals surface area (Å²) < 4.78 is 5.22. The van der Waals surface area contributed by atoms with E-state index in [0.29, 0.717) is 5.76 Å². The fourth-order valence-electron chi connectivity index (χ4n) is 1.88. The van der Waals surface area contributed by atoms with Crippen LogP contribution in [0.2, 0.25) is 0 Å². The number of carbonyl (C=O) groups is 2. The largest absolute Gasteiger partial charge is 0.467 e. The molecule has 1 heterocycles. The highest BCUT2D eigenvalue weighted by Crippen LogP contribution is 2.11. The molecule has 0 aliphatic rings. The molecule has 0 aliphatic carbocycles. The van der Waals surface area contributed by atoms with Crippen molar-refractivity contribution in [2.45, 2.75) is 32.9 Å². The summed E-state index contributed by atoms with van der Waals surface area (Å²) >= 11 is 0. The lowest BCUT2D eigenvalue weighted by Crippen LogP contribution is -3.11. The Kier molecular flexibility index (Phi) is 6.24. The molecule has 0 aromatic carbocycles. The van der Waals surface area contributed by atoms with E-state index in [1.165, 1.54) is 0 Å². The van der Waals surface area contributed by atoms with Gasteiger partial charge in [0.15, 0.2) is 13.1 Å². The molecule has 1 rings (SSSR count). The second kappa shape index (κ2) is 7.69. The molecule has 112 valence electrons. The maximum atomic E-state index is 11.9. The third kappa shape index (κ3) is 5.88. The summed E-state index contributed by atoms with van der Waals surface area (Å²) in [5.41, 5.74) is 0. The number of nitrogens with one attached hydrogen (secondary N) is 3. The summed E-state index contributed by atoms with van der Waals surface area (Å²) in [6, 6.07) is 3.54. The second-order valence-electron chi connectivity index (χ2n) is 5.34. The standard InChI is InChI=1S/C14H23N3O3/c1-10(2)15-13(18)8-17(4)9-14(19)16-11(3)12-6-5-7-20-12/h5-7,10-11H,8-9H2,1-4H3,(H,15,18)(H,16,19)/p+1/t11-/m0/s1. The van der Waals surface area contributed by atoms with E-state index in [1.807, 2.05) is 33.9 Å². The number of amides is 2. The lowest BCUT2D eigenvalue weighted by atomic mass is 10.2. The Morgan fingerprint density at radius 2 is 1.80 bits per heavy atom. The number of furan rings is 1. The highest BCUT2D eigenvalue weighted by molar-refractivity contribution is 5.79. The fraction of sp³-hybridized carbons (Fsp3) is 0.571. The van der Waals surface area contributed by atoms with E-state index in [2.05, 4.69) is 10.6 Å². The monoisotopic (exact) mass is 282 g/mol. The number of hydrogen-bond donors (Lipinski definition) is 3. The zero-order valence-electron chi connectivity index (χ0n) is 12.5. The Balaban J connectivity index is 2.33. The maximum absolute atomic E-state index is 11.9. The van der Waals surface area contributed by atoms with Gasteiger partial charge in [-0.25, -0.2) is 0 Å². The average molecular weight is 282 g/mol. The third-order valence-electron chi connectivity index (χ3n) is 2.72. The number of likely N-dealkylation sites (N-methyl/N-ethyl adjacent to an activating group) is 1. The summed E-state index contributed by atoms with van der Waals surface area (Å²) in [6.07, 6.45) is 1.58. The van der Waals surface area contributed by atoms with Gasteiger partial charge >= 0.3 is 0 Å². The molecule has 0 radical (unpaired) electrons. The zero-order valence-corrected chi connectivity index (χ0v) is 12.5. The molecular formula is C14H24N3O3+. The number of hydrogen-bond acceptors (Lipinski definition) is 3. The molecule has 1 aromatic heterocycles. The van der Waals surface area contributed by atoms with Crippen LogP contribution >= 0.6 is 0 Å². The molecule has 0 aliphatic heterocycles. The van der Waals surface area contributed by atoms with Gasteiger partial charge in [0.1, 0.15) is 5.76 Å². The van der Waals surface area contributed by atoms with Gasteiger partial charge < -0.3 is 20.0 Å². The average Bonchev–Trinajstić information content (AvgIpc) is 2.79. The van der Waals surface area contributed by atoms with Crippen molar-refractivity contribution < 1.29 is 18.9 Å². The Morgan fingerprint density at radius 1 is 1.20 bits per heavy atom. The van der Waals surface area contributed by atoms with Gasteiger partial charge in [-0.2, -0.15) is 0 Å². The molecular weight excluding hydrogens is 258 g/mol. The minimum absolute atomic E-state index is 0.0515. The normalized spacial score (nSPS) is 13.8. The summed E-state index contributed by atoms with van der Waals surface area (Å²) in [6.45, 7) is 6.20. The van der Waals surface area contributed by atoms with Gasteiger partial charge in [0.25, 0.3) is 11.8 Å². The van der Waals surface area contributed by atoms with Crippen LogP contribution in [0.4, 0.5) is 0 Å². The van der Waals surface area contributed by atoms with E-state index in [4.69, 9.17) is 4.42 Å². The molecule has 0 saturated carbocycles. The Bertz CT molecular complexity index is 429. The van der Waals surface area contributed by atoms with Gasteiger partial charge in [-0.15, -0.1) is 0 Å². The van der Waals surface area contributed by atoms with Gasteiger partial charge in [0.05, 0.1) is 19.4 Å². The number of rotatable bonds is 7. The summed E-state index contributed by atoms with van der Waals surface area (Å²) in [5.74, 6) is 0.557. The highest BCUT2D eigenvalue weighted by atomic mass is 16.3. The molecule has 20 heavy (non-hydrogen) atoms. The second-order valence-corrected chi connectivity index (χ2v) is 5.34. The molecule has 0 spiro atoms.